The minimum absolute atomic E-state index is 0.0397. The van der Waals surface area contributed by atoms with E-state index >= 15 is 0 Å². The number of nitriles is 1. The summed E-state index contributed by atoms with van der Waals surface area (Å²) in [7, 11) is 0. The van der Waals surface area contributed by atoms with E-state index < -0.39 is 6.04 Å². The molecule has 0 radical (unpaired) electrons. The second-order valence-electron chi connectivity index (χ2n) is 8.47. The lowest BCUT2D eigenvalue weighted by atomic mass is 9.89. The van der Waals surface area contributed by atoms with Crippen molar-refractivity contribution in [1.29, 1.82) is 5.26 Å². The molecule has 1 saturated carbocycles. The Labute approximate surface area is 173 Å². The van der Waals surface area contributed by atoms with Crippen molar-refractivity contribution in [3.8, 4) is 6.19 Å². The van der Waals surface area contributed by atoms with Gasteiger partial charge in [-0.2, -0.15) is 5.26 Å². The minimum Gasteiger partial charge on any atom is -0.344 e. The van der Waals surface area contributed by atoms with Gasteiger partial charge in [0.15, 0.2) is 6.19 Å². The van der Waals surface area contributed by atoms with Gasteiger partial charge in [-0.25, -0.2) is 0 Å². The molecule has 8 heteroatoms. The number of nitrogens with zero attached hydrogens (tertiary/aromatic N) is 4. The Hall–Kier alpha value is -2.30. The first-order chi connectivity index (χ1) is 14.2. The van der Waals surface area contributed by atoms with Crippen molar-refractivity contribution in [1.82, 2.24) is 20.4 Å². The number of amides is 2. The maximum absolute atomic E-state index is 13.1. The molecule has 160 valence electrons. The standard InChI is InChI=1S/C21H34N6O2/c22-16-24-21(23-14-17-8-2-1-3-9-17)25-18-10-4-5-13-27(20(18)29)15-19(28)26-11-6-7-12-26/h17-18H,1-15H2,(H2,23,24,25). The molecule has 1 atom stereocenters. The summed E-state index contributed by atoms with van der Waals surface area (Å²) in [5.74, 6) is 0.905. The van der Waals surface area contributed by atoms with Crippen LogP contribution in [0.4, 0.5) is 0 Å². The zero-order valence-corrected chi connectivity index (χ0v) is 17.4. The van der Waals surface area contributed by atoms with E-state index in [-0.39, 0.29) is 18.4 Å². The predicted molar refractivity (Wildman–Crippen MR) is 111 cm³/mol. The van der Waals surface area contributed by atoms with E-state index in [4.69, 9.17) is 5.26 Å². The van der Waals surface area contributed by atoms with Crippen LogP contribution < -0.4 is 10.6 Å². The molecule has 8 nitrogen and oxygen atoms in total. The fourth-order valence-electron chi connectivity index (χ4n) is 4.56. The summed E-state index contributed by atoms with van der Waals surface area (Å²) in [4.78, 5) is 33.7. The number of guanidine groups is 1. The van der Waals surface area contributed by atoms with Gasteiger partial charge in [0.1, 0.15) is 6.04 Å². The zero-order chi connectivity index (χ0) is 20.5. The van der Waals surface area contributed by atoms with Gasteiger partial charge in [-0.15, -0.1) is 0 Å². The number of nitrogens with one attached hydrogen (secondary N) is 2. The van der Waals surface area contributed by atoms with Crippen molar-refractivity contribution in [2.24, 2.45) is 10.9 Å². The Morgan fingerprint density at radius 1 is 1.03 bits per heavy atom. The molecule has 3 rings (SSSR count). The van der Waals surface area contributed by atoms with Crippen LogP contribution in [0.1, 0.15) is 64.2 Å². The van der Waals surface area contributed by atoms with E-state index in [1.54, 1.807) is 4.90 Å². The van der Waals surface area contributed by atoms with Crippen LogP contribution in [0.25, 0.3) is 0 Å². The van der Waals surface area contributed by atoms with Crippen LogP contribution in [0.15, 0.2) is 4.99 Å². The lowest BCUT2D eigenvalue weighted by Gasteiger charge is -2.27. The van der Waals surface area contributed by atoms with Crippen LogP contribution >= 0.6 is 0 Å². The normalized spacial score (nSPS) is 24.2. The maximum Gasteiger partial charge on any atom is 0.245 e. The molecule has 2 heterocycles. The van der Waals surface area contributed by atoms with Crippen LogP contribution in [-0.2, 0) is 9.59 Å². The third-order valence-corrected chi connectivity index (χ3v) is 6.28. The minimum atomic E-state index is -0.449. The molecule has 3 aliphatic rings. The van der Waals surface area contributed by atoms with E-state index in [2.05, 4.69) is 15.6 Å². The Kier molecular flexibility index (Phi) is 8.14. The summed E-state index contributed by atoms with van der Waals surface area (Å²) in [6, 6.07) is -0.449. The molecule has 2 aliphatic heterocycles. The second-order valence-corrected chi connectivity index (χ2v) is 8.47. The van der Waals surface area contributed by atoms with Crippen molar-refractivity contribution in [3.63, 3.8) is 0 Å². The van der Waals surface area contributed by atoms with Crippen LogP contribution in [0.3, 0.4) is 0 Å². The molecule has 0 aromatic rings. The highest BCUT2D eigenvalue weighted by Gasteiger charge is 2.30. The number of carbonyl (C=O) groups is 2. The van der Waals surface area contributed by atoms with Crippen molar-refractivity contribution in [2.75, 3.05) is 32.7 Å². The largest absolute Gasteiger partial charge is 0.344 e. The number of rotatable bonds is 5. The van der Waals surface area contributed by atoms with Gasteiger partial charge in [-0.1, -0.05) is 19.3 Å². The summed E-state index contributed by atoms with van der Waals surface area (Å²) < 4.78 is 0. The van der Waals surface area contributed by atoms with Crippen molar-refractivity contribution >= 4 is 17.8 Å². The zero-order valence-electron chi connectivity index (χ0n) is 17.4. The van der Waals surface area contributed by atoms with E-state index in [1.165, 1.54) is 32.1 Å². The Morgan fingerprint density at radius 3 is 2.45 bits per heavy atom. The topological polar surface area (TPSA) is 101 Å². The van der Waals surface area contributed by atoms with Crippen LogP contribution in [0.5, 0.6) is 0 Å². The van der Waals surface area contributed by atoms with Crippen LogP contribution in [-0.4, -0.2) is 66.3 Å². The van der Waals surface area contributed by atoms with E-state index in [9.17, 15) is 9.59 Å². The number of likely N-dealkylation sites (tertiary alicyclic amines) is 2. The average molecular weight is 403 g/mol. The molecule has 29 heavy (non-hydrogen) atoms. The molecule has 0 spiro atoms. The Bertz CT molecular complexity index is 632. The summed E-state index contributed by atoms with van der Waals surface area (Å²) in [6.07, 6.45) is 12.6. The molecule has 2 saturated heterocycles. The first-order valence-corrected chi connectivity index (χ1v) is 11.2. The number of carbonyl (C=O) groups excluding carboxylic acids is 2. The number of aliphatic imine (C=N–C) groups is 1. The molecule has 2 amide bonds. The van der Waals surface area contributed by atoms with Gasteiger partial charge in [0.2, 0.25) is 17.8 Å². The SMILES string of the molecule is N#CNC(=NCC1CCCCC1)NC1CCCCN(CC(=O)N2CCCC2)C1=O. The summed E-state index contributed by atoms with van der Waals surface area (Å²) in [5.41, 5.74) is 0. The van der Waals surface area contributed by atoms with Gasteiger partial charge in [0.25, 0.3) is 0 Å². The molecule has 1 aliphatic carbocycles. The smallest absolute Gasteiger partial charge is 0.245 e. The highest BCUT2D eigenvalue weighted by atomic mass is 16.2. The highest BCUT2D eigenvalue weighted by molar-refractivity contribution is 5.92. The predicted octanol–water partition coefficient (Wildman–Crippen LogP) is 1.59. The molecule has 3 fully saturated rings. The van der Waals surface area contributed by atoms with E-state index in [0.717, 1.165) is 38.8 Å². The summed E-state index contributed by atoms with van der Waals surface area (Å²) in [5, 5.41) is 14.9. The van der Waals surface area contributed by atoms with Gasteiger partial charge < -0.3 is 15.1 Å². The van der Waals surface area contributed by atoms with Gasteiger partial charge in [0, 0.05) is 26.2 Å². The quantitative estimate of drug-likeness (QED) is 0.315. The molecule has 0 aromatic heterocycles. The molecule has 2 N–H and O–H groups in total. The monoisotopic (exact) mass is 402 g/mol. The number of hydrogen-bond donors (Lipinski definition) is 2. The second kappa shape index (κ2) is 11.0. The summed E-state index contributed by atoms with van der Waals surface area (Å²) >= 11 is 0. The molecular formula is C21H34N6O2. The first-order valence-electron chi connectivity index (χ1n) is 11.2. The molecular weight excluding hydrogens is 368 g/mol. The highest BCUT2D eigenvalue weighted by Crippen LogP contribution is 2.23. The van der Waals surface area contributed by atoms with Crippen LogP contribution in [0.2, 0.25) is 0 Å². The number of hydrogen-bond acceptors (Lipinski definition) is 4. The Morgan fingerprint density at radius 2 is 1.72 bits per heavy atom. The fourth-order valence-corrected chi connectivity index (χ4v) is 4.56. The van der Waals surface area contributed by atoms with Gasteiger partial charge in [-0.05, 0) is 50.9 Å². The van der Waals surface area contributed by atoms with E-state index in [1.807, 2.05) is 11.1 Å². The first kappa shape index (κ1) is 21.4. The molecule has 0 bridgehead atoms. The van der Waals surface area contributed by atoms with E-state index in [0.29, 0.717) is 31.4 Å². The molecule has 0 aromatic carbocycles. The van der Waals surface area contributed by atoms with Crippen molar-refractivity contribution < 1.29 is 9.59 Å². The fraction of sp³-hybridized carbons (Fsp3) is 0.810. The summed E-state index contributed by atoms with van der Waals surface area (Å²) in [6.45, 7) is 3.03. The third kappa shape index (κ3) is 6.34. The lowest BCUT2D eigenvalue weighted by Crippen LogP contribution is -2.52. The van der Waals surface area contributed by atoms with Gasteiger partial charge in [0.05, 0.1) is 6.54 Å². The van der Waals surface area contributed by atoms with Gasteiger partial charge >= 0.3 is 0 Å². The maximum atomic E-state index is 13.1. The average Bonchev–Trinajstić information content (AvgIpc) is 3.23. The van der Waals surface area contributed by atoms with Crippen molar-refractivity contribution in [3.05, 3.63) is 0 Å². The van der Waals surface area contributed by atoms with Gasteiger partial charge in [-0.3, -0.25) is 19.9 Å². The third-order valence-electron chi connectivity index (χ3n) is 6.28. The lowest BCUT2D eigenvalue weighted by molar-refractivity contribution is -0.140. The van der Waals surface area contributed by atoms with Crippen molar-refractivity contribution in [2.45, 2.75) is 70.3 Å². The van der Waals surface area contributed by atoms with Crippen LogP contribution in [0, 0.1) is 17.4 Å². The molecule has 1 unspecified atom stereocenters. The Balaban J connectivity index is 1.59.